The van der Waals surface area contributed by atoms with Crippen LogP contribution in [0, 0.1) is 10.8 Å². The van der Waals surface area contributed by atoms with Gasteiger partial charge in [-0.3, -0.25) is 0 Å². The van der Waals surface area contributed by atoms with Crippen molar-refractivity contribution in [2.75, 3.05) is 26.4 Å². The van der Waals surface area contributed by atoms with Crippen molar-refractivity contribution >= 4 is 16.1 Å². The molecule has 0 amide bonds. The first-order valence-electron chi connectivity index (χ1n) is 13.1. The minimum absolute atomic E-state index is 0.0250. The summed E-state index contributed by atoms with van der Waals surface area (Å²) < 4.78 is 26.9. The molecule has 4 rings (SSSR count). The van der Waals surface area contributed by atoms with E-state index in [1.807, 2.05) is 0 Å². The molecule has 6 heteroatoms. The van der Waals surface area contributed by atoms with Crippen LogP contribution in [0.3, 0.4) is 0 Å². The van der Waals surface area contributed by atoms with E-state index in [1.165, 1.54) is 21.5 Å². The lowest BCUT2D eigenvalue weighted by Gasteiger charge is -2.42. The van der Waals surface area contributed by atoms with Crippen LogP contribution in [-0.4, -0.2) is 54.1 Å². The Kier molecular flexibility index (Phi) is 5.67. The zero-order chi connectivity index (χ0) is 26.0. The molecule has 0 N–H and O–H groups in total. The fourth-order valence-corrected chi connectivity index (χ4v) is 10.6. The minimum Gasteiger partial charge on any atom is -0.342 e. The third-order valence-corrected chi connectivity index (χ3v) is 20.8. The van der Waals surface area contributed by atoms with Crippen LogP contribution in [0.5, 0.6) is 0 Å². The Morgan fingerprint density at radius 1 is 0.529 bits per heavy atom. The highest BCUT2D eigenvalue weighted by Crippen LogP contribution is 2.72. The second-order valence-corrected chi connectivity index (χ2v) is 26.5. The van der Waals surface area contributed by atoms with Crippen LogP contribution in [0.4, 0.5) is 0 Å². The molecule has 4 nitrogen and oxygen atoms in total. The summed E-state index contributed by atoms with van der Waals surface area (Å²) in [7, 11) is -3.81. The molecular formula is C28H50O4Si2. The van der Waals surface area contributed by atoms with Crippen molar-refractivity contribution in [3.63, 3.8) is 0 Å². The highest BCUT2D eigenvalue weighted by molar-refractivity contribution is 6.90. The van der Waals surface area contributed by atoms with Crippen LogP contribution in [0.1, 0.15) is 69.2 Å². The average Bonchev–Trinajstić information content (AvgIpc) is 3.50. The molecule has 2 heterocycles. The zero-order valence-corrected chi connectivity index (χ0v) is 26.5. The van der Waals surface area contributed by atoms with E-state index >= 15 is 0 Å². The maximum absolute atomic E-state index is 6.73. The van der Waals surface area contributed by atoms with Gasteiger partial charge in [-0.1, -0.05) is 95.4 Å². The van der Waals surface area contributed by atoms with Gasteiger partial charge in [-0.2, -0.15) is 0 Å². The molecule has 0 bridgehead atoms. The molecule has 0 aromatic rings. The molecule has 0 aromatic heterocycles. The zero-order valence-electron chi connectivity index (χ0n) is 24.5. The minimum atomic E-state index is -1.91. The van der Waals surface area contributed by atoms with Crippen molar-refractivity contribution in [2.45, 2.75) is 117 Å². The molecule has 2 saturated heterocycles. The topological polar surface area (TPSA) is 36.9 Å². The van der Waals surface area contributed by atoms with E-state index in [9.17, 15) is 0 Å². The molecular weight excluding hydrogens is 456 g/mol. The van der Waals surface area contributed by atoms with Gasteiger partial charge in [-0.15, -0.1) is 0 Å². The Morgan fingerprint density at radius 3 is 0.971 bits per heavy atom. The third kappa shape index (κ3) is 3.73. The quantitative estimate of drug-likeness (QED) is 0.378. The van der Waals surface area contributed by atoms with Gasteiger partial charge in [-0.25, -0.2) is 0 Å². The van der Waals surface area contributed by atoms with E-state index in [0.717, 1.165) is 0 Å². The van der Waals surface area contributed by atoms with Gasteiger partial charge < -0.3 is 18.9 Å². The molecule has 0 saturated carbocycles. The Labute approximate surface area is 210 Å². The van der Waals surface area contributed by atoms with Crippen molar-refractivity contribution in [3.8, 4) is 0 Å². The summed E-state index contributed by atoms with van der Waals surface area (Å²) in [5.41, 5.74) is 2.62. The Morgan fingerprint density at radius 2 is 0.765 bits per heavy atom. The van der Waals surface area contributed by atoms with E-state index in [4.69, 9.17) is 18.9 Å². The average molecular weight is 507 g/mol. The molecule has 0 atom stereocenters. The smallest absolute Gasteiger partial charge is 0.215 e. The predicted octanol–water partition coefficient (Wildman–Crippen LogP) is 7.24. The van der Waals surface area contributed by atoms with E-state index in [0.29, 0.717) is 26.4 Å². The van der Waals surface area contributed by atoms with Gasteiger partial charge in [0.15, 0.2) is 0 Å². The van der Waals surface area contributed by atoms with Crippen LogP contribution in [0.15, 0.2) is 21.5 Å². The highest BCUT2D eigenvalue weighted by Gasteiger charge is 2.76. The van der Waals surface area contributed by atoms with Gasteiger partial charge in [0, 0.05) is 22.0 Å². The Bertz CT molecular complexity index is 856. The summed E-state index contributed by atoms with van der Waals surface area (Å²) in [6.45, 7) is 35.9. The predicted molar refractivity (Wildman–Crippen MR) is 145 cm³/mol. The van der Waals surface area contributed by atoms with Gasteiger partial charge >= 0.3 is 0 Å². The summed E-state index contributed by atoms with van der Waals surface area (Å²) in [5.74, 6) is -1.35. The largest absolute Gasteiger partial charge is 0.342 e. The van der Waals surface area contributed by atoms with Crippen LogP contribution < -0.4 is 0 Å². The summed E-state index contributed by atoms with van der Waals surface area (Å²) in [4.78, 5) is 0. The summed E-state index contributed by atoms with van der Waals surface area (Å²) in [6, 6.07) is 0. The first-order chi connectivity index (χ1) is 15.1. The van der Waals surface area contributed by atoms with Crippen molar-refractivity contribution in [1.82, 2.24) is 0 Å². The molecule has 0 unspecified atom stereocenters. The van der Waals surface area contributed by atoms with Gasteiger partial charge in [0.2, 0.25) is 11.6 Å². The van der Waals surface area contributed by atoms with Crippen molar-refractivity contribution < 1.29 is 18.9 Å². The molecule has 2 aliphatic carbocycles. The van der Waals surface area contributed by atoms with E-state index in [1.54, 1.807) is 0 Å². The lowest BCUT2D eigenvalue weighted by Crippen LogP contribution is -2.48. The van der Waals surface area contributed by atoms with E-state index < -0.39 is 27.7 Å². The van der Waals surface area contributed by atoms with Crippen LogP contribution in [-0.2, 0) is 18.9 Å². The normalized spacial score (nSPS) is 28.1. The molecule has 0 aromatic carbocycles. The van der Waals surface area contributed by atoms with Gasteiger partial charge in [-0.05, 0) is 20.5 Å². The van der Waals surface area contributed by atoms with Crippen LogP contribution >= 0.6 is 0 Å². The maximum Gasteiger partial charge on any atom is 0.215 e. The molecule has 194 valence electrons. The van der Waals surface area contributed by atoms with Gasteiger partial charge in [0.05, 0.1) is 42.6 Å². The lowest BCUT2D eigenvalue weighted by molar-refractivity contribution is -0.240. The molecule has 34 heavy (non-hydrogen) atoms. The summed E-state index contributed by atoms with van der Waals surface area (Å²) >= 11 is 0. The lowest BCUT2D eigenvalue weighted by atomic mass is 9.95. The summed E-state index contributed by atoms with van der Waals surface area (Å²) in [6.07, 6.45) is 0. The Hall–Kier alpha value is -0.246. The third-order valence-electron chi connectivity index (χ3n) is 9.61. The SMILES string of the molecule is CC1(C)COC2(OC1)C(C1=C([Si](C)(C)C(C)(C)C)C13OCC(C)(C)CO3)=C2[Si](C)(C)C(C)(C)C. The molecule has 0 radical (unpaired) electrons. The van der Waals surface area contributed by atoms with Gasteiger partial charge in [0.25, 0.3) is 0 Å². The maximum atomic E-state index is 6.73. The fraction of sp³-hybridized carbons (Fsp3) is 0.857. The number of hydrogen-bond acceptors (Lipinski definition) is 4. The van der Waals surface area contributed by atoms with Crippen molar-refractivity contribution in [1.29, 1.82) is 0 Å². The van der Waals surface area contributed by atoms with Crippen LogP contribution in [0.2, 0.25) is 36.3 Å². The first-order valence-corrected chi connectivity index (χ1v) is 19.1. The fourth-order valence-electron chi connectivity index (χ4n) is 5.20. The second kappa shape index (κ2) is 7.19. The van der Waals surface area contributed by atoms with E-state index in [-0.39, 0.29) is 20.9 Å². The molecule has 2 spiro atoms. The number of rotatable bonds is 3. The first kappa shape index (κ1) is 26.8. The molecule has 4 aliphatic rings. The second-order valence-electron chi connectivity index (χ2n) is 16.0. The Balaban J connectivity index is 1.86. The molecule has 2 aliphatic heterocycles. The molecule has 2 fully saturated rings. The monoisotopic (exact) mass is 506 g/mol. The number of hydrogen-bond donors (Lipinski definition) is 0. The summed E-state index contributed by atoms with van der Waals surface area (Å²) in [5, 5.41) is 3.24. The highest BCUT2D eigenvalue weighted by atomic mass is 28.3. The van der Waals surface area contributed by atoms with Crippen LogP contribution in [0.25, 0.3) is 0 Å². The van der Waals surface area contributed by atoms with Gasteiger partial charge in [0.1, 0.15) is 0 Å². The number of ether oxygens (including phenoxy) is 4. The van der Waals surface area contributed by atoms with Crippen molar-refractivity contribution in [3.05, 3.63) is 21.5 Å². The van der Waals surface area contributed by atoms with Crippen molar-refractivity contribution in [2.24, 2.45) is 10.8 Å². The van der Waals surface area contributed by atoms with E-state index in [2.05, 4.69) is 95.4 Å². The standard InChI is InChI=1S/C28H50O4Si2/c1-23(2,3)33(11,12)21-19(27(21)29-15-25(7,8)16-30-27)20-22(34(13,14)24(4,5)6)28(20)31-17-26(9,10)18-32-28/h15-18H2,1-14H3.